The zero-order chi connectivity index (χ0) is 18.2. The van der Waals surface area contributed by atoms with E-state index in [1.54, 1.807) is 37.3 Å². The molecule has 2 aliphatic rings. The van der Waals surface area contributed by atoms with Crippen LogP contribution in [0.2, 0.25) is 0 Å². The van der Waals surface area contributed by atoms with E-state index in [1.807, 2.05) is 5.32 Å². The van der Waals surface area contributed by atoms with Crippen LogP contribution in [-0.2, 0) is 9.59 Å². The van der Waals surface area contributed by atoms with Crippen LogP contribution in [0.4, 0.5) is 13.2 Å². The molecule has 0 spiro atoms. The van der Waals surface area contributed by atoms with Crippen molar-refractivity contribution in [1.82, 2.24) is 10.2 Å². The van der Waals surface area contributed by atoms with Crippen LogP contribution in [0.15, 0.2) is 35.3 Å². The Morgan fingerprint density at radius 3 is 2.48 bits per heavy atom. The number of carbonyl (C=O) groups is 2. The number of halogens is 3. The van der Waals surface area contributed by atoms with Gasteiger partial charge in [0.1, 0.15) is 5.84 Å². The van der Waals surface area contributed by atoms with Crippen molar-refractivity contribution in [1.29, 1.82) is 0 Å². The molecule has 1 fully saturated rings. The van der Waals surface area contributed by atoms with Crippen molar-refractivity contribution in [3.63, 3.8) is 0 Å². The molecule has 25 heavy (non-hydrogen) atoms. The fraction of sp³-hybridized carbons (Fsp3) is 0.471. The number of alkyl halides is 3. The first-order valence-electron chi connectivity index (χ1n) is 8.16. The van der Waals surface area contributed by atoms with Crippen molar-refractivity contribution in [2.75, 3.05) is 6.54 Å². The normalized spacial score (nSPS) is 23.6. The third-order valence-corrected chi connectivity index (χ3v) is 4.23. The Balaban J connectivity index is 2.08. The van der Waals surface area contributed by atoms with Gasteiger partial charge in [-0.1, -0.05) is 37.3 Å². The smallest absolute Gasteiger partial charge is 0.316 e. The number of carbonyl (C=O) groups excluding carboxylic acids is 2. The van der Waals surface area contributed by atoms with Crippen molar-refractivity contribution in [2.24, 2.45) is 10.9 Å². The fourth-order valence-electron chi connectivity index (χ4n) is 2.76. The number of amidine groups is 1. The summed E-state index contributed by atoms with van der Waals surface area (Å²) in [5, 5.41) is 1.89. The predicted molar refractivity (Wildman–Crippen MR) is 84.6 cm³/mol. The Bertz CT molecular complexity index is 714. The highest BCUT2D eigenvalue weighted by molar-refractivity contribution is 6.16. The van der Waals surface area contributed by atoms with E-state index in [9.17, 15) is 22.8 Å². The lowest BCUT2D eigenvalue weighted by atomic mass is 10.1. The SMILES string of the molecule is CCCN1C(=O)[C@](NC(=O)C2CC2)(C(F)(F)F)N=C1c1ccccc1. The summed E-state index contributed by atoms with van der Waals surface area (Å²) < 4.78 is 41.5. The quantitative estimate of drug-likeness (QED) is 0.884. The predicted octanol–water partition coefficient (Wildman–Crippen LogP) is 2.47. The highest BCUT2D eigenvalue weighted by atomic mass is 19.4. The molecule has 0 saturated heterocycles. The minimum Gasteiger partial charge on any atom is -0.316 e. The molecule has 3 rings (SSSR count). The molecule has 1 aromatic carbocycles. The summed E-state index contributed by atoms with van der Waals surface area (Å²) in [6.07, 6.45) is -3.51. The van der Waals surface area contributed by atoms with E-state index in [4.69, 9.17) is 0 Å². The maximum atomic E-state index is 13.8. The topological polar surface area (TPSA) is 61.8 Å². The Labute approximate surface area is 142 Å². The zero-order valence-corrected chi connectivity index (χ0v) is 13.6. The summed E-state index contributed by atoms with van der Waals surface area (Å²) in [5.74, 6) is -2.57. The van der Waals surface area contributed by atoms with Gasteiger partial charge in [-0.25, -0.2) is 4.99 Å². The summed E-state index contributed by atoms with van der Waals surface area (Å²) in [6.45, 7) is 1.84. The Hall–Kier alpha value is -2.38. The van der Waals surface area contributed by atoms with Crippen LogP contribution in [0.25, 0.3) is 0 Å². The summed E-state index contributed by atoms with van der Waals surface area (Å²) in [5.41, 5.74) is -2.84. The Morgan fingerprint density at radius 2 is 1.96 bits per heavy atom. The van der Waals surface area contributed by atoms with Crippen LogP contribution in [0.3, 0.4) is 0 Å². The molecule has 0 unspecified atom stereocenters. The molecule has 1 aromatic rings. The summed E-state index contributed by atoms with van der Waals surface area (Å²) in [4.78, 5) is 29.5. The first kappa shape index (κ1) is 17.4. The molecule has 8 heteroatoms. The maximum absolute atomic E-state index is 13.8. The number of nitrogens with one attached hydrogen (secondary N) is 1. The molecule has 1 atom stereocenters. The number of rotatable bonds is 5. The fourth-order valence-corrected chi connectivity index (χ4v) is 2.76. The lowest BCUT2D eigenvalue weighted by molar-refractivity contribution is -0.200. The van der Waals surface area contributed by atoms with Crippen molar-refractivity contribution >= 4 is 17.6 Å². The highest BCUT2D eigenvalue weighted by Crippen LogP contribution is 2.40. The molecule has 1 aliphatic heterocycles. The van der Waals surface area contributed by atoms with Crippen LogP contribution in [0.5, 0.6) is 0 Å². The van der Waals surface area contributed by atoms with E-state index in [0.717, 1.165) is 4.90 Å². The first-order valence-corrected chi connectivity index (χ1v) is 8.16. The zero-order valence-electron chi connectivity index (χ0n) is 13.6. The molecule has 5 nitrogen and oxygen atoms in total. The largest absolute Gasteiger partial charge is 0.442 e. The Morgan fingerprint density at radius 1 is 1.32 bits per heavy atom. The number of nitrogens with zero attached hydrogens (tertiary/aromatic N) is 2. The van der Waals surface area contributed by atoms with Crippen LogP contribution < -0.4 is 5.32 Å². The van der Waals surface area contributed by atoms with Crippen molar-refractivity contribution in [3.05, 3.63) is 35.9 Å². The molecule has 1 aliphatic carbocycles. The highest BCUT2D eigenvalue weighted by Gasteiger charge is 2.67. The number of hydrogen-bond donors (Lipinski definition) is 1. The van der Waals surface area contributed by atoms with Gasteiger partial charge in [0.15, 0.2) is 0 Å². The van der Waals surface area contributed by atoms with E-state index in [0.29, 0.717) is 24.8 Å². The van der Waals surface area contributed by atoms with E-state index >= 15 is 0 Å². The summed E-state index contributed by atoms with van der Waals surface area (Å²) in [7, 11) is 0. The van der Waals surface area contributed by atoms with Gasteiger partial charge in [0.05, 0.1) is 0 Å². The van der Waals surface area contributed by atoms with Crippen LogP contribution in [0.1, 0.15) is 31.7 Å². The molecule has 1 heterocycles. The molecular formula is C17H18F3N3O2. The van der Waals surface area contributed by atoms with E-state index in [2.05, 4.69) is 4.99 Å². The second-order valence-electron chi connectivity index (χ2n) is 6.23. The number of amides is 2. The van der Waals surface area contributed by atoms with E-state index < -0.39 is 29.6 Å². The van der Waals surface area contributed by atoms with Gasteiger partial charge < -0.3 is 5.32 Å². The van der Waals surface area contributed by atoms with Crippen molar-refractivity contribution in [3.8, 4) is 0 Å². The van der Waals surface area contributed by atoms with Gasteiger partial charge in [0.2, 0.25) is 5.91 Å². The molecule has 134 valence electrons. The van der Waals surface area contributed by atoms with Gasteiger partial charge in [-0.3, -0.25) is 14.5 Å². The second-order valence-corrected chi connectivity index (χ2v) is 6.23. The molecule has 2 amide bonds. The molecule has 0 bridgehead atoms. The third-order valence-electron chi connectivity index (χ3n) is 4.23. The standard InChI is InChI=1S/C17H18F3N3O2/c1-2-10-23-13(11-6-4-3-5-7-11)21-16(15(23)25,17(18,19)20)22-14(24)12-8-9-12/h3-7,12H,2,8-10H2,1H3,(H,22,24)/t16-/m0/s1. The van der Waals surface area contributed by atoms with Gasteiger partial charge in [-0.05, 0) is 19.3 Å². The second kappa shape index (κ2) is 6.16. The van der Waals surface area contributed by atoms with Gasteiger partial charge in [0, 0.05) is 18.0 Å². The Kier molecular flexibility index (Phi) is 4.30. The average molecular weight is 353 g/mol. The summed E-state index contributed by atoms with van der Waals surface area (Å²) in [6, 6.07) is 8.20. The monoisotopic (exact) mass is 353 g/mol. The third kappa shape index (κ3) is 3.01. The lowest BCUT2D eigenvalue weighted by Crippen LogP contribution is -2.63. The minimum atomic E-state index is -5.03. The minimum absolute atomic E-state index is 0.0686. The van der Waals surface area contributed by atoms with Crippen molar-refractivity contribution in [2.45, 2.75) is 38.0 Å². The lowest BCUT2D eigenvalue weighted by Gasteiger charge is -2.29. The number of aliphatic imine (C=N–C) groups is 1. The molecule has 0 aromatic heterocycles. The van der Waals surface area contributed by atoms with Crippen LogP contribution in [0, 0.1) is 5.92 Å². The number of benzene rings is 1. The van der Waals surface area contributed by atoms with E-state index in [1.165, 1.54) is 0 Å². The van der Waals surface area contributed by atoms with Gasteiger partial charge in [0.25, 0.3) is 5.91 Å². The van der Waals surface area contributed by atoms with Gasteiger partial charge >= 0.3 is 11.8 Å². The maximum Gasteiger partial charge on any atom is 0.442 e. The van der Waals surface area contributed by atoms with Gasteiger partial charge in [-0.2, -0.15) is 13.2 Å². The molecular weight excluding hydrogens is 335 g/mol. The summed E-state index contributed by atoms with van der Waals surface area (Å²) >= 11 is 0. The first-order chi connectivity index (χ1) is 11.8. The van der Waals surface area contributed by atoms with Gasteiger partial charge in [-0.15, -0.1) is 0 Å². The number of hydrogen-bond acceptors (Lipinski definition) is 3. The van der Waals surface area contributed by atoms with Crippen LogP contribution >= 0.6 is 0 Å². The molecule has 1 saturated carbocycles. The van der Waals surface area contributed by atoms with Crippen molar-refractivity contribution < 1.29 is 22.8 Å². The average Bonchev–Trinajstić information content (AvgIpc) is 3.37. The molecule has 0 radical (unpaired) electrons. The van der Waals surface area contributed by atoms with E-state index in [-0.39, 0.29) is 12.4 Å². The van der Waals surface area contributed by atoms with Crippen LogP contribution in [-0.4, -0.2) is 40.9 Å². The molecule has 1 N–H and O–H groups in total.